The molecule has 0 aromatic carbocycles. The summed E-state index contributed by atoms with van der Waals surface area (Å²) in [7, 11) is 0. The van der Waals surface area contributed by atoms with E-state index in [0.29, 0.717) is 24.5 Å². The van der Waals surface area contributed by atoms with Gasteiger partial charge in [-0.3, -0.25) is 0 Å². The molecule has 0 amide bonds. The topological polar surface area (TPSA) is 75.1 Å². The van der Waals surface area contributed by atoms with Gasteiger partial charge < -0.3 is 10.4 Å². The average Bonchev–Trinajstić information content (AvgIpc) is 2.55. The van der Waals surface area contributed by atoms with Crippen molar-refractivity contribution in [2.45, 2.75) is 51.0 Å². The second-order valence-corrected chi connectivity index (χ2v) is 4.92. The third kappa shape index (κ3) is 2.78. The molecule has 1 aromatic rings. The number of nitrogens with one attached hydrogen (secondary N) is 1. The van der Waals surface area contributed by atoms with E-state index in [1.807, 2.05) is 0 Å². The van der Waals surface area contributed by atoms with Crippen molar-refractivity contribution < 1.29 is 9.90 Å². The first kappa shape index (κ1) is 12.8. The molecule has 2 rings (SSSR count). The number of rotatable bonds is 3. The lowest BCUT2D eigenvalue weighted by atomic mass is 9.90. The zero-order chi connectivity index (χ0) is 13.0. The van der Waals surface area contributed by atoms with E-state index in [4.69, 9.17) is 0 Å². The van der Waals surface area contributed by atoms with Crippen LogP contribution in [0.1, 0.15) is 44.3 Å². The van der Waals surface area contributed by atoms with Gasteiger partial charge in [0.25, 0.3) is 0 Å². The van der Waals surface area contributed by atoms with Crippen LogP contribution in [0.4, 0.5) is 5.82 Å². The number of hydrogen-bond acceptors (Lipinski definition) is 4. The van der Waals surface area contributed by atoms with Crippen molar-refractivity contribution in [1.29, 1.82) is 0 Å². The van der Waals surface area contributed by atoms with E-state index in [-0.39, 0.29) is 0 Å². The standard InChI is InChI=1S/C13H19N3O2/c1-10-14-9-6-11(15-10)16-13(12(17)18)7-4-2-3-5-8-13/h6,9H,2-5,7-8H2,1H3,(H,17,18)(H,14,15,16). The van der Waals surface area contributed by atoms with Crippen molar-refractivity contribution in [2.75, 3.05) is 5.32 Å². The minimum atomic E-state index is -0.864. The second kappa shape index (κ2) is 5.33. The number of nitrogens with zero attached hydrogens (tertiary/aromatic N) is 2. The summed E-state index contributed by atoms with van der Waals surface area (Å²) in [6.07, 6.45) is 7.08. The van der Waals surface area contributed by atoms with E-state index in [1.165, 1.54) is 0 Å². The number of hydrogen-bond donors (Lipinski definition) is 2. The Hall–Kier alpha value is -1.65. The lowest BCUT2D eigenvalue weighted by molar-refractivity contribution is -0.142. The maximum atomic E-state index is 11.6. The summed E-state index contributed by atoms with van der Waals surface area (Å²) in [5, 5.41) is 12.7. The number of carboxylic acids is 1. The summed E-state index contributed by atoms with van der Waals surface area (Å²) in [5.74, 6) is 0.474. The summed E-state index contributed by atoms with van der Waals surface area (Å²) >= 11 is 0. The Bertz CT molecular complexity index is 426. The van der Waals surface area contributed by atoms with Crippen LogP contribution in [0.25, 0.3) is 0 Å². The van der Waals surface area contributed by atoms with Crippen LogP contribution < -0.4 is 5.32 Å². The van der Waals surface area contributed by atoms with Crippen LogP contribution in [0.3, 0.4) is 0 Å². The summed E-state index contributed by atoms with van der Waals surface area (Å²) in [5.41, 5.74) is -0.864. The quantitative estimate of drug-likeness (QED) is 0.804. The highest BCUT2D eigenvalue weighted by Crippen LogP contribution is 2.30. The zero-order valence-corrected chi connectivity index (χ0v) is 10.6. The molecule has 1 aliphatic rings. The summed E-state index contributed by atoms with van der Waals surface area (Å²) < 4.78 is 0. The number of carbonyl (C=O) groups is 1. The first-order valence-electron chi connectivity index (χ1n) is 6.44. The number of aromatic nitrogens is 2. The van der Waals surface area contributed by atoms with Crippen molar-refractivity contribution >= 4 is 11.8 Å². The molecule has 1 aliphatic carbocycles. The molecule has 1 aromatic heterocycles. The smallest absolute Gasteiger partial charge is 0.329 e. The van der Waals surface area contributed by atoms with Crippen LogP contribution >= 0.6 is 0 Å². The van der Waals surface area contributed by atoms with Gasteiger partial charge in [0, 0.05) is 6.20 Å². The minimum Gasteiger partial charge on any atom is -0.480 e. The molecule has 5 heteroatoms. The van der Waals surface area contributed by atoms with Gasteiger partial charge in [0.1, 0.15) is 17.2 Å². The van der Waals surface area contributed by atoms with Gasteiger partial charge in [-0.25, -0.2) is 14.8 Å². The Morgan fingerprint density at radius 2 is 2.00 bits per heavy atom. The molecular weight excluding hydrogens is 230 g/mol. The molecule has 0 saturated heterocycles. The molecule has 18 heavy (non-hydrogen) atoms. The maximum absolute atomic E-state index is 11.6. The molecule has 0 bridgehead atoms. The van der Waals surface area contributed by atoms with Crippen molar-refractivity contribution in [3.8, 4) is 0 Å². The van der Waals surface area contributed by atoms with E-state index in [9.17, 15) is 9.90 Å². The SMILES string of the molecule is Cc1nccc(NC2(C(=O)O)CCCCCC2)n1. The molecule has 1 heterocycles. The first-order valence-corrected chi connectivity index (χ1v) is 6.44. The van der Waals surface area contributed by atoms with Crippen LogP contribution in [-0.2, 0) is 4.79 Å². The summed E-state index contributed by atoms with van der Waals surface area (Å²) in [6.45, 7) is 1.80. The highest BCUT2D eigenvalue weighted by Gasteiger charge is 2.38. The van der Waals surface area contributed by atoms with Gasteiger partial charge in [0.05, 0.1) is 0 Å². The van der Waals surface area contributed by atoms with Crippen molar-refractivity contribution in [1.82, 2.24) is 9.97 Å². The number of aliphatic carboxylic acids is 1. The van der Waals surface area contributed by atoms with Gasteiger partial charge in [-0.1, -0.05) is 25.7 Å². The molecule has 0 spiro atoms. The normalized spacial score (nSPS) is 18.9. The molecule has 0 radical (unpaired) electrons. The number of aryl methyl sites for hydroxylation is 1. The third-order valence-corrected chi connectivity index (χ3v) is 3.51. The lowest BCUT2D eigenvalue weighted by Gasteiger charge is -2.29. The van der Waals surface area contributed by atoms with Crippen molar-refractivity contribution in [3.05, 3.63) is 18.1 Å². The average molecular weight is 249 g/mol. The number of carboxylic acid groups (broad SMARTS) is 1. The fourth-order valence-electron chi connectivity index (χ4n) is 2.50. The van der Waals surface area contributed by atoms with Gasteiger partial charge >= 0.3 is 5.97 Å². The molecule has 5 nitrogen and oxygen atoms in total. The van der Waals surface area contributed by atoms with Crippen molar-refractivity contribution in [2.24, 2.45) is 0 Å². The Kier molecular flexibility index (Phi) is 3.79. The predicted octanol–water partition coefficient (Wildman–Crippen LogP) is 2.37. The number of anilines is 1. The summed E-state index contributed by atoms with van der Waals surface area (Å²) in [4.78, 5) is 19.9. The van der Waals surface area contributed by atoms with E-state index < -0.39 is 11.5 Å². The van der Waals surface area contributed by atoms with Gasteiger partial charge in [-0.15, -0.1) is 0 Å². The van der Waals surface area contributed by atoms with E-state index >= 15 is 0 Å². The monoisotopic (exact) mass is 249 g/mol. The summed E-state index contributed by atoms with van der Waals surface area (Å²) in [6, 6.07) is 1.72. The van der Waals surface area contributed by atoms with Crippen LogP contribution in [0, 0.1) is 6.92 Å². The fourth-order valence-corrected chi connectivity index (χ4v) is 2.50. The molecule has 1 fully saturated rings. The largest absolute Gasteiger partial charge is 0.480 e. The Balaban J connectivity index is 2.22. The van der Waals surface area contributed by atoms with Crippen LogP contribution in [0.2, 0.25) is 0 Å². The van der Waals surface area contributed by atoms with E-state index in [1.54, 1.807) is 19.2 Å². The molecule has 98 valence electrons. The predicted molar refractivity (Wildman–Crippen MR) is 68.5 cm³/mol. The zero-order valence-electron chi connectivity index (χ0n) is 10.6. The molecule has 0 atom stereocenters. The van der Waals surface area contributed by atoms with E-state index in [0.717, 1.165) is 25.7 Å². The van der Waals surface area contributed by atoms with Gasteiger partial charge in [0.15, 0.2) is 0 Å². The van der Waals surface area contributed by atoms with Crippen LogP contribution in [0.15, 0.2) is 12.3 Å². The molecule has 2 N–H and O–H groups in total. The van der Waals surface area contributed by atoms with Gasteiger partial charge in [-0.2, -0.15) is 0 Å². The highest BCUT2D eigenvalue weighted by atomic mass is 16.4. The highest BCUT2D eigenvalue weighted by molar-refractivity contribution is 5.82. The molecule has 1 saturated carbocycles. The van der Waals surface area contributed by atoms with Crippen LogP contribution in [0.5, 0.6) is 0 Å². The lowest BCUT2D eigenvalue weighted by Crippen LogP contribution is -2.46. The Morgan fingerprint density at radius 3 is 2.56 bits per heavy atom. The molecule has 0 aliphatic heterocycles. The van der Waals surface area contributed by atoms with E-state index in [2.05, 4.69) is 15.3 Å². The van der Waals surface area contributed by atoms with Crippen LogP contribution in [-0.4, -0.2) is 26.6 Å². The second-order valence-electron chi connectivity index (χ2n) is 4.92. The van der Waals surface area contributed by atoms with Gasteiger partial charge in [0.2, 0.25) is 0 Å². The minimum absolute atomic E-state index is 0.604. The molecule has 0 unspecified atom stereocenters. The maximum Gasteiger partial charge on any atom is 0.329 e. The molecular formula is C13H19N3O2. The Morgan fingerprint density at radius 1 is 1.33 bits per heavy atom. The van der Waals surface area contributed by atoms with Gasteiger partial charge in [-0.05, 0) is 25.8 Å². The Labute approximate surface area is 107 Å². The first-order chi connectivity index (χ1) is 8.62. The third-order valence-electron chi connectivity index (χ3n) is 3.51. The van der Waals surface area contributed by atoms with Crippen molar-refractivity contribution in [3.63, 3.8) is 0 Å². The fraction of sp³-hybridized carbons (Fsp3) is 0.615.